The highest BCUT2D eigenvalue weighted by atomic mass is 32.2. The molecule has 0 atom stereocenters. The third-order valence-corrected chi connectivity index (χ3v) is 6.39. The van der Waals surface area contributed by atoms with Gasteiger partial charge in [-0.3, -0.25) is 0 Å². The number of benzene rings is 2. The van der Waals surface area contributed by atoms with Crippen molar-refractivity contribution in [2.45, 2.75) is 18.0 Å². The highest BCUT2D eigenvalue weighted by molar-refractivity contribution is 7.90. The lowest BCUT2D eigenvalue weighted by Crippen LogP contribution is -2.10. The average Bonchev–Trinajstić information content (AvgIpc) is 3.24. The van der Waals surface area contributed by atoms with Crippen molar-refractivity contribution in [2.75, 3.05) is 11.6 Å². The fraction of sp³-hybridized carbons (Fsp3) is 0.120. The molecular weight excluding hydrogens is 523 g/mol. The number of nitrogens with one attached hydrogen (secondary N) is 1. The third kappa shape index (κ3) is 6.06. The van der Waals surface area contributed by atoms with Crippen molar-refractivity contribution in [1.82, 2.24) is 19.7 Å². The van der Waals surface area contributed by atoms with Crippen molar-refractivity contribution in [1.29, 1.82) is 0 Å². The van der Waals surface area contributed by atoms with Gasteiger partial charge in [0.05, 0.1) is 4.90 Å². The van der Waals surface area contributed by atoms with Gasteiger partial charge in [0.15, 0.2) is 21.3 Å². The molecule has 0 bridgehead atoms. The first-order valence-electron chi connectivity index (χ1n) is 10.9. The molecule has 196 valence electrons. The van der Waals surface area contributed by atoms with E-state index >= 15 is 0 Å². The van der Waals surface area contributed by atoms with Crippen molar-refractivity contribution in [3.63, 3.8) is 0 Å². The second-order valence-corrected chi connectivity index (χ2v) is 10.2. The smallest absolute Gasteiger partial charge is 0.435 e. The lowest BCUT2D eigenvalue weighted by atomic mass is 10.0. The summed E-state index contributed by atoms with van der Waals surface area (Å²) in [5.41, 5.74) is 0.759. The Morgan fingerprint density at radius 3 is 2.50 bits per heavy atom. The van der Waals surface area contributed by atoms with Crippen LogP contribution in [0.1, 0.15) is 17.0 Å². The first-order valence-corrected chi connectivity index (χ1v) is 12.8. The number of aliphatic carboxylic acids is 1. The largest absolute Gasteiger partial charge is 0.478 e. The molecule has 0 unspecified atom stereocenters. The molecule has 0 spiro atoms. The Kier molecular flexibility index (Phi) is 7.05. The van der Waals surface area contributed by atoms with Crippen molar-refractivity contribution in [3.05, 3.63) is 83.8 Å². The van der Waals surface area contributed by atoms with Gasteiger partial charge in [0.2, 0.25) is 5.95 Å². The van der Waals surface area contributed by atoms with Gasteiger partial charge in [-0.05, 0) is 54.5 Å². The summed E-state index contributed by atoms with van der Waals surface area (Å²) in [5.74, 6) is -1.13. The molecular formula is C25H20F3N5O4S. The van der Waals surface area contributed by atoms with E-state index < -0.39 is 27.7 Å². The number of hydrogen-bond acceptors (Lipinski definition) is 7. The summed E-state index contributed by atoms with van der Waals surface area (Å²) in [7, 11) is -3.49. The standard InChI is InChI=1S/C25H20F3N5O4S/c1-15-11-21(25(26,27)28)32-33(15)23-20(17-6-3-5-16(12-17)9-10-22(34)35)14-29-24(31-23)30-18-7-4-8-19(13-18)38(2,36)37/h3-14H,1-2H3,(H,34,35)(H,29,30,31). The Labute approximate surface area is 215 Å². The van der Waals surface area contributed by atoms with Crippen molar-refractivity contribution < 1.29 is 31.5 Å². The Bertz CT molecular complexity index is 1660. The van der Waals surface area contributed by atoms with E-state index in [1.165, 1.54) is 37.4 Å². The maximum absolute atomic E-state index is 13.4. The van der Waals surface area contributed by atoms with Crippen LogP contribution in [-0.4, -0.2) is 45.5 Å². The molecule has 0 saturated heterocycles. The molecule has 2 aromatic carbocycles. The molecule has 0 aliphatic rings. The molecule has 2 aromatic heterocycles. The minimum absolute atomic E-state index is 0.0141. The van der Waals surface area contributed by atoms with Crippen LogP contribution in [0.3, 0.4) is 0 Å². The molecule has 0 fully saturated rings. The molecule has 0 radical (unpaired) electrons. The maximum Gasteiger partial charge on any atom is 0.435 e. The lowest BCUT2D eigenvalue weighted by Gasteiger charge is -2.14. The quantitative estimate of drug-likeness (QED) is 0.315. The molecule has 38 heavy (non-hydrogen) atoms. The van der Waals surface area contributed by atoms with Gasteiger partial charge in [-0.25, -0.2) is 22.9 Å². The fourth-order valence-corrected chi connectivity index (χ4v) is 4.20. The maximum atomic E-state index is 13.4. The number of alkyl halides is 3. The number of sulfone groups is 1. The van der Waals surface area contributed by atoms with E-state index in [0.29, 0.717) is 22.4 Å². The third-order valence-electron chi connectivity index (χ3n) is 5.28. The summed E-state index contributed by atoms with van der Waals surface area (Å²) in [6.07, 6.45) is 0.102. The number of hydrogen-bond donors (Lipinski definition) is 2. The number of anilines is 2. The monoisotopic (exact) mass is 543 g/mol. The zero-order valence-electron chi connectivity index (χ0n) is 19.9. The van der Waals surface area contributed by atoms with Gasteiger partial charge >= 0.3 is 12.1 Å². The van der Waals surface area contributed by atoms with E-state index in [0.717, 1.165) is 23.1 Å². The molecule has 4 rings (SSSR count). The molecule has 4 aromatic rings. The second-order valence-electron chi connectivity index (χ2n) is 8.23. The first kappa shape index (κ1) is 26.5. The van der Waals surface area contributed by atoms with E-state index in [4.69, 9.17) is 5.11 Å². The average molecular weight is 544 g/mol. The Morgan fingerprint density at radius 2 is 1.84 bits per heavy atom. The number of rotatable bonds is 7. The summed E-state index contributed by atoms with van der Waals surface area (Å²) >= 11 is 0. The number of aryl methyl sites for hydroxylation is 1. The summed E-state index contributed by atoms with van der Waals surface area (Å²) in [6, 6.07) is 13.4. The van der Waals surface area contributed by atoms with E-state index in [1.54, 1.807) is 30.3 Å². The number of carboxylic acids is 1. The normalized spacial score (nSPS) is 12.1. The summed E-state index contributed by atoms with van der Waals surface area (Å²) in [6.45, 7) is 1.45. The number of carboxylic acid groups (broad SMARTS) is 1. The zero-order chi connectivity index (χ0) is 27.7. The van der Waals surface area contributed by atoms with Gasteiger partial charge in [-0.1, -0.05) is 24.3 Å². The van der Waals surface area contributed by atoms with Gasteiger partial charge in [-0.2, -0.15) is 23.3 Å². The van der Waals surface area contributed by atoms with Crippen LogP contribution in [0.25, 0.3) is 23.0 Å². The Balaban J connectivity index is 1.85. The van der Waals surface area contributed by atoms with Crippen LogP contribution in [0.4, 0.5) is 24.8 Å². The molecule has 2 N–H and O–H groups in total. The predicted octanol–water partition coefficient (Wildman–Crippen LogP) is 4.90. The highest BCUT2D eigenvalue weighted by Gasteiger charge is 2.35. The molecule has 2 heterocycles. The topological polar surface area (TPSA) is 127 Å². The Morgan fingerprint density at radius 1 is 1.11 bits per heavy atom. The minimum Gasteiger partial charge on any atom is -0.478 e. The SMILES string of the molecule is Cc1cc(C(F)(F)F)nn1-c1nc(Nc2cccc(S(C)(=O)=O)c2)ncc1-c1cccc(C=CC(=O)O)c1. The van der Waals surface area contributed by atoms with Crippen LogP contribution in [0.5, 0.6) is 0 Å². The van der Waals surface area contributed by atoms with Crippen LogP contribution in [0.2, 0.25) is 0 Å². The van der Waals surface area contributed by atoms with Crippen LogP contribution in [-0.2, 0) is 20.8 Å². The molecule has 0 saturated carbocycles. The van der Waals surface area contributed by atoms with Gasteiger partial charge in [0, 0.05) is 35.5 Å². The van der Waals surface area contributed by atoms with E-state index in [1.807, 2.05) is 0 Å². The summed E-state index contributed by atoms with van der Waals surface area (Å²) in [4.78, 5) is 19.6. The number of carbonyl (C=O) groups is 1. The second kappa shape index (κ2) is 10.1. The summed E-state index contributed by atoms with van der Waals surface area (Å²) < 4.78 is 65.1. The van der Waals surface area contributed by atoms with Gasteiger partial charge in [0.25, 0.3) is 0 Å². The van der Waals surface area contributed by atoms with Crippen molar-refractivity contribution in [2.24, 2.45) is 0 Å². The molecule has 0 aliphatic carbocycles. The molecule has 0 aliphatic heterocycles. The molecule has 13 heteroatoms. The van der Waals surface area contributed by atoms with E-state index in [2.05, 4.69) is 20.4 Å². The lowest BCUT2D eigenvalue weighted by molar-refractivity contribution is -0.141. The van der Waals surface area contributed by atoms with Crippen molar-refractivity contribution in [3.8, 4) is 16.9 Å². The fourth-order valence-electron chi connectivity index (χ4n) is 3.54. The minimum atomic E-state index is -4.68. The predicted molar refractivity (Wildman–Crippen MR) is 134 cm³/mol. The highest BCUT2D eigenvalue weighted by Crippen LogP contribution is 2.32. The number of nitrogens with zero attached hydrogens (tertiary/aromatic N) is 4. The zero-order valence-corrected chi connectivity index (χ0v) is 20.7. The van der Waals surface area contributed by atoms with Crippen LogP contribution >= 0.6 is 0 Å². The van der Waals surface area contributed by atoms with Crippen LogP contribution < -0.4 is 5.32 Å². The number of halogens is 3. The summed E-state index contributed by atoms with van der Waals surface area (Å²) in [5, 5.41) is 15.5. The first-order chi connectivity index (χ1) is 17.8. The van der Waals surface area contributed by atoms with Crippen LogP contribution in [0, 0.1) is 6.92 Å². The van der Waals surface area contributed by atoms with E-state index in [-0.39, 0.29) is 22.4 Å². The van der Waals surface area contributed by atoms with Gasteiger partial charge in [0.1, 0.15) is 0 Å². The van der Waals surface area contributed by atoms with Gasteiger partial charge in [-0.15, -0.1) is 0 Å². The van der Waals surface area contributed by atoms with Gasteiger partial charge < -0.3 is 10.4 Å². The van der Waals surface area contributed by atoms with Crippen LogP contribution in [0.15, 0.2) is 71.8 Å². The van der Waals surface area contributed by atoms with Crippen molar-refractivity contribution >= 4 is 33.5 Å². The number of aromatic nitrogens is 4. The van der Waals surface area contributed by atoms with E-state index in [9.17, 15) is 26.4 Å². The molecule has 9 nitrogen and oxygen atoms in total. The molecule has 0 amide bonds. The Hall–Kier alpha value is -4.52.